The number of fused-ring (bicyclic) bond motifs is 1. The molecule has 0 aromatic carbocycles. The monoisotopic (exact) mass is 222 g/mol. The van der Waals surface area contributed by atoms with E-state index >= 15 is 0 Å². The lowest BCUT2D eigenvalue weighted by molar-refractivity contribution is 0.157. The van der Waals surface area contributed by atoms with E-state index in [9.17, 15) is 0 Å². The van der Waals surface area contributed by atoms with Gasteiger partial charge < -0.3 is 10.2 Å². The third kappa shape index (κ3) is 2.14. The zero-order valence-electron chi connectivity index (χ0n) is 10.6. The third-order valence-corrected chi connectivity index (χ3v) is 5.13. The van der Waals surface area contributed by atoms with Crippen LogP contribution in [-0.2, 0) is 0 Å². The quantitative estimate of drug-likeness (QED) is 0.772. The number of nitrogens with zero attached hydrogens (tertiary/aromatic N) is 1. The predicted molar refractivity (Wildman–Crippen MR) is 67.6 cm³/mol. The van der Waals surface area contributed by atoms with Crippen molar-refractivity contribution in [2.45, 2.75) is 70.0 Å². The summed E-state index contributed by atoms with van der Waals surface area (Å²) < 4.78 is 0. The maximum Gasteiger partial charge on any atom is 0.0111 e. The summed E-state index contributed by atoms with van der Waals surface area (Å²) in [7, 11) is 0. The van der Waals surface area contributed by atoms with E-state index in [0.29, 0.717) is 0 Å². The smallest absolute Gasteiger partial charge is 0.0111 e. The summed E-state index contributed by atoms with van der Waals surface area (Å²) in [5.41, 5.74) is 0. The van der Waals surface area contributed by atoms with Gasteiger partial charge in [0, 0.05) is 18.1 Å². The van der Waals surface area contributed by atoms with Crippen LogP contribution in [0.4, 0.5) is 0 Å². The fraction of sp³-hybridized carbons (Fsp3) is 1.00. The molecule has 0 aromatic rings. The average Bonchev–Trinajstić information content (AvgIpc) is 2.88. The molecule has 4 unspecified atom stereocenters. The number of piperidine rings is 1. The molecule has 2 aliphatic heterocycles. The predicted octanol–water partition coefficient (Wildman–Crippen LogP) is 2.39. The standard InChI is InChI=1S/C14H26N2/c1-11-4-2-6-14(11)15-12-7-9-16-8-3-5-13(16)10-12/h11-15H,2-10H2,1H3. The van der Waals surface area contributed by atoms with Crippen molar-refractivity contribution in [3.05, 3.63) is 0 Å². The molecule has 0 bridgehead atoms. The second-order valence-corrected chi connectivity index (χ2v) is 6.23. The van der Waals surface area contributed by atoms with Gasteiger partial charge in [-0.2, -0.15) is 0 Å². The van der Waals surface area contributed by atoms with E-state index in [0.717, 1.165) is 24.0 Å². The van der Waals surface area contributed by atoms with Crippen molar-refractivity contribution >= 4 is 0 Å². The lowest BCUT2D eigenvalue weighted by atomic mass is 9.95. The normalized spacial score (nSPS) is 44.8. The minimum atomic E-state index is 0.824. The molecule has 16 heavy (non-hydrogen) atoms. The fourth-order valence-corrected chi connectivity index (χ4v) is 4.07. The minimum absolute atomic E-state index is 0.824. The number of nitrogens with one attached hydrogen (secondary N) is 1. The van der Waals surface area contributed by atoms with Gasteiger partial charge in [0.2, 0.25) is 0 Å². The Morgan fingerprint density at radius 1 is 1.00 bits per heavy atom. The molecule has 1 aliphatic carbocycles. The Kier molecular flexibility index (Phi) is 3.21. The van der Waals surface area contributed by atoms with Gasteiger partial charge in [0.25, 0.3) is 0 Å². The van der Waals surface area contributed by atoms with Gasteiger partial charge in [-0.25, -0.2) is 0 Å². The molecule has 0 aromatic heterocycles. The molecule has 3 fully saturated rings. The number of hydrogen-bond acceptors (Lipinski definition) is 2. The molecule has 4 atom stereocenters. The first kappa shape index (κ1) is 11.0. The summed E-state index contributed by atoms with van der Waals surface area (Å²) in [6, 6.07) is 2.57. The lowest BCUT2D eigenvalue weighted by Gasteiger charge is -2.37. The van der Waals surface area contributed by atoms with Crippen LogP contribution in [-0.4, -0.2) is 36.1 Å². The van der Waals surface area contributed by atoms with Gasteiger partial charge in [-0.1, -0.05) is 13.3 Å². The molecule has 3 aliphatic rings. The van der Waals surface area contributed by atoms with Crippen LogP contribution in [0.3, 0.4) is 0 Å². The summed E-state index contributed by atoms with van der Waals surface area (Å²) in [6.45, 7) is 5.15. The van der Waals surface area contributed by atoms with Crippen LogP contribution in [0.15, 0.2) is 0 Å². The maximum absolute atomic E-state index is 3.95. The van der Waals surface area contributed by atoms with E-state index in [1.54, 1.807) is 0 Å². The second kappa shape index (κ2) is 4.66. The van der Waals surface area contributed by atoms with E-state index < -0.39 is 0 Å². The molecular formula is C14H26N2. The molecule has 3 rings (SSSR count). The fourth-order valence-electron chi connectivity index (χ4n) is 4.07. The van der Waals surface area contributed by atoms with Crippen molar-refractivity contribution < 1.29 is 0 Å². The van der Waals surface area contributed by atoms with Crippen LogP contribution in [0.25, 0.3) is 0 Å². The third-order valence-electron chi connectivity index (χ3n) is 5.13. The van der Waals surface area contributed by atoms with Crippen LogP contribution in [0.2, 0.25) is 0 Å². The molecule has 2 nitrogen and oxygen atoms in total. The largest absolute Gasteiger partial charge is 0.311 e. The molecule has 2 heterocycles. The minimum Gasteiger partial charge on any atom is -0.311 e. The van der Waals surface area contributed by atoms with Gasteiger partial charge in [-0.15, -0.1) is 0 Å². The van der Waals surface area contributed by atoms with Gasteiger partial charge in [0.1, 0.15) is 0 Å². The molecular weight excluding hydrogens is 196 g/mol. The molecule has 2 saturated heterocycles. The van der Waals surface area contributed by atoms with Crippen molar-refractivity contribution in [1.29, 1.82) is 0 Å². The zero-order chi connectivity index (χ0) is 11.0. The van der Waals surface area contributed by atoms with Crippen LogP contribution in [0, 0.1) is 5.92 Å². The Labute approximate surface area is 99.8 Å². The highest BCUT2D eigenvalue weighted by atomic mass is 15.2. The summed E-state index contributed by atoms with van der Waals surface area (Å²) in [5, 5.41) is 3.95. The molecule has 92 valence electrons. The first-order valence-corrected chi connectivity index (χ1v) is 7.33. The van der Waals surface area contributed by atoms with E-state index in [1.165, 1.54) is 58.0 Å². The van der Waals surface area contributed by atoms with Crippen LogP contribution in [0.1, 0.15) is 51.9 Å². The highest BCUT2D eigenvalue weighted by molar-refractivity contribution is 4.92. The van der Waals surface area contributed by atoms with Gasteiger partial charge in [-0.05, 0) is 57.5 Å². The Hall–Kier alpha value is -0.0800. The van der Waals surface area contributed by atoms with Crippen molar-refractivity contribution in [2.75, 3.05) is 13.1 Å². The van der Waals surface area contributed by atoms with Crippen molar-refractivity contribution in [1.82, 2.24) is 10.2 Å². The first-order chi connectivity index (χ1) is 7.83. The van der Waals surface area contributed by atoms with Crippen molar-refractivity contribution in [3.63, 3.8) is 0 Å². The highest BCUT2D eigenvalue weighted by Crippen LogP contribution is 2.30. The van der Waals surface area contributed by atoms with Crippen molar-refractivity contribution in [3.8, 4) is 0 Å². The number of hydrogen-bond donors (Lipinski definition) is 1. The summed E-state index contributed by atoms with van der Waals surface area (Å²) in [6.07, 6.45) is 10.0. The molecule has 0 amide bonds. The van der Waals surface area contributed by atoms with E-state index in [-0.39, 0.29) is 0 Å². The van der Waals surface area contributed by atoms with Crippen LogP contribution < -0.4 is 5.32 Å². The molecule has 2 heteroatoms. The topological polar surface area (TPSA) is 15.3 Å². The van der Waals surface area contributed by atoms with Gasteiger partial charge in [0.15, 0.2) is 0 Å². The molecule has 1 N–H and O–H groups in total. The summed E-state index contributed by atoms with van der Waals surface area (Å²) in [5.74, 6) is 0.918. The molecule has 1 saturated carbocycles. The van der Waals surface area contributed by atoms with Crippen LogP contribution in [0.5, 0.6) is 0 Å². The van der Waals surface area contributed by atoms with E-state index in [2.05, 4.69) is 17.1 Å². The summed E-state index contributed by atoms with van der Waals surface area (Å²) >= 11 is 0. The lowest BCUT2D eigenvalue weighted by Crippen LogP contribution is -2.49. The first-order valence-electron chi connectivity index (χ1n) is 7.33. The Balaban J connectivity index is 1.52. The summed E-state index contributed by atoms with van der Waals surface area (Å²) in [4.78, 5) is 2.72. The van der Waals surface area contributed by atoms with E-state index in [1.807, 2.05) is 0 Å². The van der Waals surface area contributed by atoms with Gasteiger partial charge in [-0.3, -0.25) is 0 Å². The van der Waals surface area contributed by atoms with Gasteiger partial charge >= 0.3 is 0 Å². The Morgan fingerprint density at radius 3 is 2.75 bits per heavy atom. The Bertz CT molecular complexity index is 241. The Morgan fingerprint density at radius 2 is 1.94 bits per heavy atom. The van der Waals surface area contributed by atoms with E-state index in [4.69, 9.17) is 0 Å². The SMILES string of the molecule is CC1CCCC1NC1CCN2CCCC2C1. The highest BCUT2D eigenvalue weighted by Gasteiger charge is 2.33. The average molecular weight is 222 g/mol. The zero-order valence-corrected chi connectivity index (χ0v) is 10.6. The maximum atomic E-state index is 3.95. The second-order valence-electron chi connectivity index (χ2n) is 6.23. The number of rotatable bonds is 2. The molecule has 0 spiro atoms. The van der Waals surface area contributed by atoms with Crippen molar-refractivity contribution in [2.24, 2.45) is 5.92 Å². The molecule has 0 radical (unpaired) electrons. The van der Waals surface area contributed by atoms with Crippen LogP contribution >= 0.6 is 0 Å². The van der Waals surface area contributed by atoms with Gasteiger partial charge in [0.05, 0.1) is 0 Å².